The van der Waals surface area contributed by atoms with Gasteiger partial charge in [-0.2, -0.15) is 0 Å². The summed E-state index contributed by atoms with van der Waals surface area (Å²) in [6, 6.07) is 16.2. The zero-order valence-electron chi connectivity index (χ0n) is 13.1. The van der Waals surface area contributed by atoms with Crippen LogP contribution in [-0.2, 0) is 0 Å². The lowest BCUT2D eigenvalue weighted by Crippen LogP contribution is -2.22. The van der Waals surface area contributed by atoms with E-state index >= 15 is 0 Å². The molecule has 0 bridgehead atoms. The zero-order chi connectivity index (χ0) is 17.6. The molecule has 0 fully saturated rings. The molecule has 2 aromatic carbocycles. The maximum atomic E-state index is 12.1. The molecule has 0 aliphatic rings. The number of nitrogens with one attached hydrogen (secondary N) is 2. The third-order valence-corrected chi connectivity index (χ3v) is 3.79. The van der Waals surface area contributed by atoms with Gasteiger partial charge in [0.15, 0.2) is 5.76 Å². The van der Waals surface area contributed by atoms with Gasteiger partial charge in [-0.25, -0.2) is 0 Å². The second-order valence-electron chi connectivity index (χ2n) is 5.15. The smallest absolute Gasteiger partial charge is 0.287 e. The van der Waals surface area contributed by atoms with Gasteiger partial charge in [-0.1, -0.05) is 54.4 Å². The standard InChI is InChI=1S/C19H14N2O3S/c22-18(17-12-15-5-1-2-6-16(15)24-17)20-11-3-4-13-7-9-14(10-8-13)19(25)21-23/h1-2,5-10,12,23H,11H2,(H,20,22)(H,21,25). The van der Waals surface area contributed by atoms with Gasteiger partial charge in [0.1, 0.15) is 10.6 Å². The van der Waals surface area contributed by atoms with E-state index in [0.29, 0.717) is 11.1 Å². The van der Waals surface area contributed by atoms with E-state index in [4.69, 9.17) is 21.8 Å². The lowest BCUT2D eigenvalue weighted by atomic mass is 10.1. The maximum absolute atomic E-state index is 12.1. The van der Waals surface area contributed by atoms with Gasteiger partial charge in [0.2, 0.25) is 0 Å². The molecule has 1 aromatic heterocycles. The summed E-state index contributed by atoms with van der Waals surface area (Å²) in [4.78, 5) is 12.3. The highest BCUT2D eigenvalue weighted by molar-refractivity contribution is 7.80. The Morgan fingerprint density at radius 3 is 2.64 bits per heavy atom. The van der Waals surface area contributed by atoms with E-state index in [1.165, 1.54) is 0 Å². The molecule has 3 rings (SSSR count). The molecular formula is C19H14N2O3S. The normalized spacial score (nSPS) is 9.96. The first kappa shape index (κ1) is 16.7. The largest absolute Gasteiger partial charge is 0.451 e. The number of carbonyl (C=O) groups is 1. The van der Waals surface area contributed by atoms with Crippen LogP contribution in [0.4, 0.5) is 0 Å². The highest BCUT2D eigenvalue weighted by Gasteiger charge is 2.10. The van der Waals surface area contributed by atoms with Crippen LogP contribution in [0.25, 0.3) is 11.0 Å². The van der Waals surface area contributed by atoms with E-state index < -0.39 is 0 Å². The van der Waals surface area contributed by atoms with Gasteiger partial charge in [-0.15, -0.1) is 0 Å². The Labute approximate surface area is 149 Å². The van der Waals surface area contributed by atoms with Crippen LogP contribution in [0.2, 0.25) is 0 Å². The number of carbonyl (C=O) groups excluding carboxylic acids is 1. The van der Waals surface area contributed by atoms with Crippen molar-refractivity contribution in [2.24, 2.45) is 0 Å². The van der Waals surface area contributed by atoms with Crippen LogP contribution in [0, 0.1) is 11.8 Å². The lowest BCUT2D eigenvalue weighted by molar-refractivity contribution is 0.0933. The Balaban J connectivity index is 1.58. The van der Waals surface area contributed by atoms with Crippen LogP contribution >= 0.6 is 12.2 Å². The van der Waals surface area contributed by atoms with Gasteiger partial charge in [-0.05, 0) is 24.3 Å². The van der Waals surface area contributed by atoms with Gasteiger partial charge < -0.3 is 9.73 Å². The number of para-hydroxylation sites is 1. The summed E-state index contributed by atoms with van der Waals surface area (Å²) >= 11 is 4.92. The number of thiocarbonyl (C=S) groups is 1. The summed E-state index contributed by atoms with van der Waals surface area (Å²) < 4.78 is 5.49. The van der Waals surface area contributed by atoms with E-state index in [9.17, 15) is 4.79 Å². The predicted molar refractivity (Wildman–Crippen MR) is 98.5 cm³/mol. The van der Waals surface area contributed by atoms with Crippen LogP contribution in [0.3, 0.4) is 0 Å². The molecular weight excluding hydrogens is 336 g/mol. The molecule has 0 saturated carbocycles. The number of hydroxylamine groups is 1. The fourth-order valence-electron chi connectivity index (χ4n) is 2.22. The summed E-state index contributed by atoms with van der Waals surface area (Å²) in [6.45, 7) is 0.203. The number of rotatable bonds is 3. The molecule has 1 heterocycles. The lowest BCUT2D eigenvalue weighted by Gasteiger charge is -2.00. The van der Waals surface area contributed by atoms with Crippen molar-refractivity contribution in [1.29, 1.82) is 0 Å². The van der Waals surface area contributed by atoms with E-state index in [-0.39, 0.29) is 23.2 Å². The Hall–Kier alpha value is -3.14. The Morgan fingerprint density at radius 1 is 1.16 bits per heavy atom. The zero-order valence-corrected chi connectivity index (χ0v) is 13.9. The summed E-state index contributed by atoms with van der Waals surface area (Å²) in [7, 11) is 0. The minimum Gasteiger partial charge on any atom is -0.451 e. The minimum absolute atomic E-state index is 0.203. The summed E-state index contributed by atoms with van der Waals surface area (Å²) in [5.41, 5.74) is 4.08. The van der Waals surface area contributed by atoms with E-state index in [2.05, 4.69) is 17.2 Å². The molecule has 0 saturated heterocycles. The molecule has 0 aliphatic carbocycles. The van der Waals surface area contributed by atoms with Crippen molar-refractivity contribution < 1.29 is 14.4 Å². The van der Waals surface area contributed by atoms with E-state index in [1.54, 1.807) is 30.3 Å². The fraction of sp³-hybridized carbons (Fsp3) is 0.0526. The second kappa shape index (κ2) is 7.62. The first-order valence-corrected chi connectivity index (χ1v) is 7.88. The highest BCUT2D eigenvalue weighted by Crippen LogP contribution is 2.18. The molecule has 3 N–H and O–H groups in total. The van der Waals surface area contributed by atoms with Crippen molar-refractivity contribution in [2.75, 3.05) is 6.54 Å². The molecule has 124 valence electrons. The van der Waals surface area contributed by atoms with Crippen molar-refractivity contribution in [3.63, 3.8) is 0 Å². The molecule has 5 nitrogen and oxygen atoms in total. The fourth-order valence-corrected chi connectivity index (χ4v) is 2.36. The van der Waals surface area contributed by atoms with Crippen molar-refractivity contribution in [1.82, 2.24) is 10.8 Å². The summed E-state index contributed by atoms with van der Waals surface area (Å²) in [5.74, 6) is 5.77. The molecule has 0 spiro atoms. The number of fused-ring (bicyclic) bond motifs is 1. The van der Waals surface area contributed by atoms with Gasteiger partial charge in [-0.3, -0.25) is 15.5 Å². The molecule has 25 heavy (non-hydrogen) atoms. The third kappa shape index (κ3) is 4.04. The van der Waals surface area contributed by atoms with Crippen LogP contribution in [-0.4, -0.2) is 22.6 Å². The first-order chi connectivity index (χ1) is 12.2. The predicted octanol–water partition coefficient (Wildman–Crippen LogP) is 2.87. The molecule has 3 aromatic rings. The molecule has 6 heteroatoms. The minimum atomic E-state index is -0.305. The van der Waals surface area contributed by atoms with Crippen molar-refractivity contribution in [2.45, 2.75) is 0 Å². The number of hydrogen-bond donors (Lipinski definition) is 3. The molecule has 0 unspecified atom stereocenters. The number of furan rings is 1. The SMILES string of the molecule is O=C(NCC#Cc1ccc(C(=S)NO)cc1)c1cc2ccccc2o1. The Morgan fingerprint density at radius 2 is 1.92 bits per heavy atom. The van der Waals surface area contributed by atoms with Crippen LogP contribution in [0.15, 0.2) is 59.0 Å². The summed E-state index contributed by atoms with van der Waals surface area (Å²) in [5, 5.41) is 12.3. The molecule has 0 radical (unpaired) electrons. The van der Waals surface area contributed by atoms with Crippen LogP contribution in [0.5, 0.6) is 0 Å². The van der Waals surface area contributed by atoms with Crippen LogP contribution < -0.4 is 10.8 Å². The van der Waals surface area contributed by atoms with E-state index in [0.717, 1.165) is 10.9 Å². The van der Waals surface area contributed by atoms with Gasteiger partial charge in [0.05, 0.1) is 6.54 Å². The average Bonchev–Trinajstić information content (AvgIpc) is 3.09. The Bertz CT molecular complexity index is 948. The number of benzene rings is 2. The van der Waals surface area contributed by atoms with Crippen molar-refractivity contribution >= 4 is 34.1 Å². The number of hydrogen-bond acceptors (Lipinski definition) is 4. The third-order valence-electron chi connectivity index (χ3n) is 3.47. The second-order valence-corrected chi connectivity index (χ2v) is 5.56. The van der Waals surface area contributed by atoms with Crippen molar-refractivity contribution in [3.8, 4) is 11.8 Å². The monoisotopic (exact) mass is 350 g/mol. The van der Waals surface area contributed by atoms with E-state index in [1.807, 2.05) is 29.7 Å². The maximum Gasteiger partial charge on any atom is 0.287 e. The average molecular weight is 350 g/mol. The van der Waals surface area contributed by atoms with Gasteiger partial charge in [0, 0.05) is 16.5 Å². The topological polar surface area (TPSA) is 74.5 Å². The van der Waals surface area contributed by atoms with Crippen molar-refractivity contribution in [3.05, 3.63) is 71.5 Å². The molecule has 0 atom stereocenters. The van der Waals surface area contributed by atoms with Crippen LogP contribution in [0.1, 0.15) is 21.7 Å². The molecule has 0 aliphatic heterocycles. The Kier molecular flexibility index (Phi) is 5.09. The quantitative estimate of drug-likeness (QED) is 0.385. The summed E-state index contributed by atoms with van der Waals surface area (Å²) in [6.07, 6.45) is 0. The number of amides is 1. The van der Waals surface area contributed by atoms with Gasteiger partial charge in [0.25, 0.3) is 5.91 Å². The molecule has 1 amide bonds. The van der Waals surface area contributed by atoms with Gasteiger partial charge >= 0.3 is 0 Å². The highest BCUT2D eigenvalue weighted by atomic mass is 32.1. The first-order valence-electron chi connectivity index (χ1n) is 7.47.